The second-order valence-electron chi connectivity index (χ2n) is 5.59. The summed E-state index contributed by atoms with van der Waals surface area (Å²) in [4.78, 5) is 44.5. The first-order chi connectivity index (χ1) is 13.1. The third-order valence-corrected chi connectivity index (χ3v) is 4.37. The smallest absolute Gasteiger partial charge is 0.287 e. The Morgan fingerprint density at radius 2 is 1.78 bits per heavy atom. The van der Waals surface area contributed by atoms with Crippen molar-refractivity contribution in [1.29, 1.82) is 0 Å². The molecule has 1 atom stereocenters. The third-order valence-electron chi connectivity index (χ3n) is 3.74. The number of Topliss-reactive ketones (excluding diaryl/α,β-unsaturated/α-hetero) is 1. The first kappa shape index (κ1) is 18.3. The number of hydrogen-bond acceptors (Lipinski definition) is 7. The fraction of sp³-hybridized carbons (Fsp3) is 0.111. The highest BCUT2D eigenvalue weighted by molar-refractivity contribution is 7.04. The number of carbonyl (C=O) groups excluding carboxylic acids is 3. The monoisotopic (exact) mass is 381 g/mol. The van der Waals surface area contributed by atoms with Crippen molar-refractivity contribution >= 4 is 29.1 Å². The Morgan fingerprint density at radius 3 is 2.44 bits per heavy atom. The first-order valence-electron chi connectivity index (χ1n) is 7.96. The summed E-state index contributed by atoms with van der Waals surface area (Å²) in [5, 5.41) is 4.20. The van der Waals surface area contributed by atoms with Crippen molar-refractivity contribution in [1.82, 2.24) is 19.7 Å². The van der Waals surface area contributed by atoms with Gasteiger partial charge in [-0.2, -0.15) is 4.37 Å². The average Bonchev–Trinajstić information content (AvgIpc) is 3.18. The second kappa shape index (κ2) is 8.28. The number of ketones is 1. The molecule has 1 aromatic carbocycles. The minimum Gasteiger partial charge on any atom is -0.363 e. The number of aromatic nitrogens is 3. The minimum atomic E-state index is -1.11. The molecule has 0 aliphatic carbocycles. The van der Waals surface area contributed by atoms with Crippen LogP contribution in [0.1, 0.15) is 16.1 Å². The van der Waals surface area contributed by atoms with Crippen molar-refractivity contribution in [2.75, 3.05) is 0 Å². The SMILES string of the molecule is NC(=O)C(=O)C(Cc1ccccc1)NC(=O)c1nscc1-c1ncccn1. The number of hydrogen-bond donors (Lipinski definition) is 2. The van der Waals surface area contributed by atoms with E-state index in [2.05, 4.69) is 19.7 Å². The Kier molecular flexibility index (Phi) is 5.62. The number of benzene rings is 1. The summed E-state index contributed by atoms with van der Waals surface area (Å²) in [5.41, 5.74) is 6.44. The molecule has 3 aromatic rings. The number of nitrogens with one attached hydrogen (secondary N) is 1. The molecule has 3 rings (SSSR count). The lowest BCUT2D eigenvalue weighted by atomic mass is 10.0. The number of primary amides is 1. The van der Waals surface area contributed by atoms with Crippen LogP contribution in [0.15, 0.2) is 54.2 Å². The van der Waals surface area contributed by atoms with Gasteiger partial charge in [-0.25, -0.2) is 9.97 Å². The Labute approximate surface area is 158 Å². The topological polar surface area (TPSA) is 128 Å². The summed E-state index contributed by atoms with van der Waals surface area (Å²) in [5.74, 6) is -2.24. The van der Waals surface area contributed by atoms with E-state index in [-0.39, 0.29) is 12.1 Å². The largest absolute Gasteiger partial charge is 0.363 e. The molecule has 0 saturated heterocycles. The third kappa shape index (κ3) is 4.39. The van der Waals surface area contributed by atoms with E-state index in [9.17, 15) is 14.4 Å². The zero-order chi connectivity index (χ0) is 19.2. The van der Waals surface area contributed by atoms with Crippen LogP contribution < -0.4 is 11.1 Å². The van der Waals surface area contributed by atoms with Gasteiger partial charge in [0.2, 0.25) is 5.78 Å². The molecule has 0 fully saturated rings. The molecule has 8 nitrogen and oxygen atoms in total. The first-order valence-corrected chi connectivity index (χ1v) is 8.80. The van der Waals surface area contributed by atoms with Gasteiger partial charge in [0.1, 0.15) is 6.04 Å². The summed E-state index contributed by atoms with van der Waals surface area (Å²) in [6.45, 7) is 0. The van der Waals surface area contributed by atoms with E-state index < -0.39 is 23.6 Å². The Hall–Kier alpha value is -3.46. The fourth-order valence-corrected chi connectivity index (χ4v) is 3.12. The number of carbonyl (C=O) groups is 3. The number of amides is 2. The summed E-state index contributed by atoms with van der Waals surface area (Å²) in [6.07, 6.45) is 3.24. The van der Waals surface area contributed by atoms with E-state index in [0.29, 0.717) is 11.4 Å². The molecular weight excluding hydrogens is 366 g/mol. The van der Waals surface area contributed by atoms with Gasteiger partial charge in [-0.3, -0.25) is 14.4 Å². The summed E-state index contributed by atoms with van der Waals surface area (Å²) < 4.78 is 4.08. The highest BCUT2D eigenvalue weighted by Gasteiger charge is 2.28. The minimum absolute atomic E-state index is 0.0848. The van der Waals surface area contributed by atoms with Gasteiger partial charge < -0.3 is 11.1 Å². The van der Waals surface area contributed by atoms with Crippen LogP contribution >= 0.6 is 11.5 Å². The van der Waals surface area contributed by atoms with Gasteiger partial charge in [0.25, 0.3) is 11.8 Å². The van der Waals surface area contributed by atoms with Gasteiger partial charge in [-0.05, 0) is 23.2 Å². The predicted octanol–water partition coefficient (Wildman–Crippen LogP) is 0.996. The predicted molar refractivity (Wildman–Crippen MR) is 98.7 cm³/mol. The van der Waals surface area contributed by atoms with Crippen molar-refractivity contribution < 1.29 is 14.4 Å². The lowest BCUT2D eigenvalue weighted by Crippen LogP contribution is -2.47. The molecule has 0 saturated carbocycles. The quantitative estimate of drug-likeness (QED) is 0.588. The molecule has 0 radical (unpaired) electrons. The lowest BCUT2D eigenvalue weighted by molar-refractivity contribution is -0.137. The number of nitrogens with two attached hydrogens (primary N) is 1. The molecule has 1 unspecified atom stereocenters. The van der Waals surface area contributed by atoms with Crippen LogP contribution in [0.5, 0.6) is 0 Å². The van der Waals surface area contributed by atoms with Crippen LogP contribution in [0.2, 0.25) is 0 Å². The lowest BCUT2D eigenvalue weighted by Gasteiger charge is -2.16. The maximum atomic E-state index is 12.7. The molecule has 0 aliphatic rings. The van der Waals surface area contributed by atoms with Gasteiger partial charge in [0.15, 0.2) is 11.5 Å². The zero-order valence-corrected chi connectivity index (χ0v) is 14.8. The molecular formula is C18H15N5O3S. The van der Waals surface area contributed by atoms with Gasteiger partial charge in [0.05, 0.1) is 5.56 Å². The van der Waals surface area contributed by atoms with Crippen molar-refractivity contribution in [2.45, 2.75) is 12.5 Å². The normalized spacial score (nSPS) is 11.6. The maximum Gasteiger partial charge on any atom is 0.287 e. The van der Waals surface area contributed by atoms with Crippen LogP contribution in [0.3, 0.4) is 0 Å². The molecule has 27 heavy (non-hydrogen) atoms. The molecule has 136 valence electrons. The van der Waals surface area contributed by atoms with E-state index in [1.165, 1.54) is 0 Å². The van der Waals surface area contributed by atoms with Gasteiger partial charge in [-0.15, -0.1) is 0 Å². The van der Waals surface area contributed by atoms with E-state index in [4.69, 9.17) is 5.73 Å². The second-order valence-corrected chi connectivity index (χ2v) is 6.22. The highest BCUT2D eigenvalue weighted by atomic mass is 32.1. The standard InChI is InChI=1S/C18H15N5O3S/c19-16(25)15(24)13(9-11-5-2-1-3-6-11)22-18(26)14-12(10-27-23-14)17-20-7-4-8-21-17/h1-8,10,13H,9H2,(H2,19,25)(H,22,26). The van der Waals surface area contributed by atoms with Crippen LogP contribution in [0.4, 0.5) is 0 Å². The van der Waals surface area contributed by atoms with Crippen molar-refractivity contribution in [3.05, 3.63) is 65.4 Å². The van der Waals surface area contributed by atoms with E-state index >= 15 is 0 Å². The molecule has 3 N–H and O–H groups in total. The molecule has 2 heterocycles. The van der Waals surface area contributed by atoms with Gasteiger partial charge in [0, 0.05) is 24.2 Å². The zero-order valence-electron chi connectivity index (χ0n) is 14.0. The number of nitrogens with zero attached hydrogens (tertiary/aromatic N) is 3. The Bertz CT molecular complexity index is 959. The fourth-order valence-electron chi connectivity index (χ4n) is 2.45. The highest BCUT2D eigenvalue weighted by Crippen LogP contribution is 2.21. The molecule has 2 amide bonds. The van der Waals surface area contributed by atoms with E-state index in [0.717, 1.165) is 17.1 Å². The van der Waals surface area contributed by atoms with Gasteiger partial charge in [-0.1, -0.05) is 30.3 Å². The maximum absolute atomic E-state index is 12.7. The Balaban J connectivity index is 1.84. The van der Waals surface area contributed by atoms with Gasteiger partial charge >= 0.3 is 0 Å². The van der Waals surface area contributed by atoms with Crippen LogP contribution in [-0.2, 0) is 16.0 Å². The number of rotatable bonds is 7. The molecule has 0 spiro atoms. The summed E-state index contributed by atoms with van der Waals surface area (Å²) in [7, 11) is 0. The van der Waals surface area contributed by atoms with Crippen molar-refractivity contribution in [3.63, 3.8) is 0 Å². The summed E-state index contributed by atoms with van der Waals surface area (Å²) in [6, 6.07) is 9.57. The van der Waals surface area contributed by atoms with Crippen molar-refractivity contribution in [3.8, 4) is 11.4 Å². The van der Waals surface area contributed by atoms with Crippen LogP contribution in [0, 0.1) is 0 Å². The van der Waals surface area contributed by atoms with E-state index in [1.807, 2.05) is 6.07 Å². The molecule has 0 aliphatic heterocycles. The molecule has 9 heteroatoms. The Morgan fingerprint density at radius 1 is 1.07 bits per heavy atom. The average molecular weight is 381 g/mol. The van der Waals surface area contributed by atoms with Crippen LogP contribution in [0.25, 0.3) is 11.4 Å². The van der Waals surface area contributed by atoms with Crippen LogP contribution in [-0.4, -0.2) is 38.0 Å². The summed E-state index contributed by atoms with van der Waals surface area (Å²) >= 11 is 1.07. The molecule has 2 aromatic heterocycles. The molecule has 0 bridgehead atoms. The van der Waals surface area contributed by atoms with E-state index in [1.54, 1.807) is 48.1 Å². The van der Waals surface area contributed by atoms with Crippen molar-refractivity contribution in [2.24, 2.45) is 5.73 Å².